The number of hydrogen-bond acceptors (Lipinski definition) is 3. The molecule has 20 heavy (non-hydrogen) atoms. The molecule has 3 heteroatoms. The van der Waals surface area contributed by atoms with E-state index in [-0.39, 0.29) is 0 Å². The lowest BCUT2D eigenvalue weighted by molar-refractivity contribution is 0.379. The fraction of sp³-hybridized carbons (Fsp3) is 0.647. The van der Waals surface area contributed by atoms with Gasteiger partial charge in [-0.2, -0.15) is 11.8 Å². The monoisotopic (exact) mass is 290 g/mol. The SMILES string of the molecule is CSC1(CNCc2cccc3c2NCC3)CCCCC1. The third-order valence-electron chi connectivity index (χ3n) is 4.89. The van der Waals surface area contributed by atoms with Crippen molar-refractivity contribution in [2.75, 3.05) is 24.7 Å². The molecule has 0 spiro atoms. The predicted octanol–water partition coefficient (Wildman–Crippen LogP) is 3.81. The maximum absolute atomic E-state index is 3.73. The Kier molecular flexibility index (Phi) is 4.57. The average Bonchev–Trinajstić information content (AvgIpc) is 2.98. The van der Waals surface area contributed by atoms with Gasteiger partial charge in [0, 0.05) is 30.1 Å². The summed E-state index contributed by atoms with van der Waals surface area (Å²) in [5.41, 5.74) is 4.32. The van der Waals surface area contributed by atoms with Crippen molar-refractivity contribution in [1.82, 2.24) is 5.32 Å². The van der Waals surface area contributed by atoms with Gasteiger partial charge in [0.1, 0.15) is 0 Å². The van der Waals surface area contributed by atoms with Crippen LogP contribution in [0.5, 0.6) is 0 Å². The van der Waals surface area contributed by atoms with Gasteiger partial charge in [0.2, 0.25) is 0 Å². The zero-order valence-corrected chi connectivity index (χ0v) is 13.3. The van der Waals surface area contributed by atoms with Crippen LogP contribution in [-0.4, -0.2) is 24.1 Å². The van der Waals surface area contributed by atoms with Gasteiger partial charge in [-0.1, -0.05) is 37.5 Å². The first kappa shape index (κ1) is 14.3. The summed E-state index contributed by atoms with van der Waals surface area (Å²) in [7, 11) is 0. The zero-order valence-electron chi connectivity index (χ0n) is 12.5. The third-order valence-corrected chi connectivity index (χ3v) is 6.31. The van der Waals surface area contributed by atoms with Gasteiger partial charge in [0.05, 0.1) is 0 Å². The molecule has 0 unspecified atom stereocenters. The van der Waals surface area contributed by atoms with E-state index in [0.717, 1.165) is 19.6 Å². The van der Waals surface area contributed by atoms with E-state index < -0.39 is 0 Å². The second-order valence-corrected chi connectivity index (χ2v) is 7.45. The Labute approximate surface area is 127 Å². The smallest absolute Gasteiger partial charge is 0.0419 e. The van der Waals surface area contributed by atoms with Crippen molar-refractivity contribution in [3.05, 3.63) is 29.3 Å². The highest BCUT2D eigenvalue weighted by molar-refractivity contribution is 8.00. The van der Waals surface area contributed by atoms with E-state index in [1.807, 2.05) is 0 Å². The normalized spacial score (nSPS) is 20.4. The molecule has 2 N–H and O–H groups in total. The number of benzene rings is 1. The van der Waals surface area contributed by atoms with Gasteiger partial charge in [-0.25, -0.2) is 0 Å². The molecule has 1 fully saturated rings. The molecule has 0 amide bonds. The molecule has 1 aromatic carbocycles. The van der Waals surface area contributed by atoms with E-state index in [0.29, 0.717) is 4.75 Å². The van der Waals surface area contributed by atoms with Crippen LogP contribution in [0, 0.1) is 0 Å². The van der Waals surface area contributed by atoms with E-state index in [1.165, 1.54) is 55.3 Å². The van der Waals surface area contributed by atoms with E-state index >= 15 is 0 Å². The molecule has 0 saturated heterocycles. The summed E-state index contributed by atoms with van der Waals surface area (Å²) in [6.45, 7) is 3.25. The predicted molar refractivity (Wildman–Crippen MR) is 89.7 cm³/mol. The lowest BCUT2D eigenvalue weighted by Gasteiger charge is -2.36. The van der Waals surface area contributed by atoms with E-state index in [1.54, 1.807) is 0 Å². The van der Waals surface area contributed by atoms with Crippen molar-refractivity contribution in [3.63, 3.8) is 0 Å². The number of fused-ring (bicyclic) bond motifs is 1. The fourth-order valence-electron chi connectivity index (χ4n) is 3.63. The molecule has 1 aliphatic carbocycles. The molecule has 0 atom stereocenters. The van der Waals surface area contributed by atoms with Crippen LogP contribution >= 0.6 is 11.8 Å². The standard InChI is InChI=1S/C17H26N2S/c1-20-17(9-3-2-4-10-17)13-18-12-15-7-5-6-14-8-11-19-16(14)15/h5-7,18-19H,2-4,8-13H2,1H3. The number of para-hydroxylation sites is 1. The molecule has 2 aliphatic rings. The first-order valence-corrected chi connectivity index (χ1v) is 9.16. The minimum atomic E-state index is 0.490. The van der Waals surface area contributed by atoms with Gasteiger partial charge in [0.15, 0.2) is 0 Å². The second-order valence-electron chi connectivity index (χ2n) is 6.18. The van der Waals surface area contributed by atoms with Crippen molar-refractivity contribution in [2.45, 2.75) is 49.8 Å². The lowest BCUT2D eigenvalue weighted by Crippen LogP contribution is -2.39. The van der Waals surface area contributed by atoms with Crippen molar-refractivity contribution in [1.29, 1.82) is 0 Å². The van der Waals surface area contributed by atoms with Crippen molar-refractivity contribution in [2.24, 2.45) is 0 Å². The molecule has 0 radical (unpaired) electrons. The number of nitrogens with one attached hydrogen (secondary N) is 2. The second kappa shape index (κ2) is 6.40. The highest BCUT2D eigenvalue weighted by Crippen LogP contribution is 2.38. The Morgan fingerprint density at radius 2 is 2.10 bits per heavy atom. The van der Waals surface area contributed by atoms with Gasteiger partial charge in [-0.3, -0.25) is 0 Å². The number of hydrogen-bond donors (Lipinski definition) is 2. The molecule has 1 aromatic rings. The van der Waals surface area contributed by atoms with Crippen molar-refractivity contribution >= 4 is 17.4 Å². The first-order valence-electron chi connectivity index (χ1n) is 7.93. The van der Waals surface area contributed by atoms with Crippen LogP contribution in [0.25, 0.3) is 0 Å². The molecule has 1 heterocycles. The molecule has 0 bridgehead atoms. The first-order chi connectivity index (χ1) is 9.83. The van der Waals surface area contributed by atoms with Crippen LogP contribution < -0.4 is 10.6 Å². The maximum Gasteiger partial charge on any atom is 0.0419 e. The minimum absolute atomic E-state index is 0.490. The summed E-state index contributed by atoms with van der Waals surface area (Å²) in [5, 5.41) is 7.27. The number of rotatable bonds is 5. The van der Waals surface area contributed by atoms with E-state index in [4.69, 9.17) is 0 Å². The van der Waals surface area contributed by atoms with Crippen LogP contribution in [0.2, 0.25) is 0 Å². The third kappa shape index (κ3) is 2.99. The summed E-state index contributed by atoms with van der Waals surface area (Å²) in [6.07, 6.45) is 10.5. The van der Waals surface area contributed by atoms with Crippen molar-refractivity contribution < 1.29 is 0 Å². The largest absolute Gasteiger partial charge is 0.384 e. The van der Waals surface area contributed by atoms with Crippen molar-refractivity contribution in [3.8, 4) is 0 Å². The summed E-state index contributed by atoms with van der Waals surface area (Å²) in [6, 6.07) is 6.72. The van der Waals surface area contributed by atoms with Gasteiger partial charge >= 0.3 is 0 Å². The molecular formula is C17H26N2S. The highest BCUT2D eigenvalue weighted by Gasteiger charge is 2.30. The molecule has 1 aliphatic heterocycles. The van der Waals surface area contributed by atoms with Crippen LogP contribution in [0.1, 0.15) is 43.2 Å². The molecule has 3 rings (SSSR count). The zero-order chi connectivity index (χ0) is 13.8. The van der Waals surface area contributed by atoms with Crippen LogP contribution in [0.4, 0.5) is 5.69 Å². The minimum Gasteiger partial charge on any atom is -0.384 e. The Hall–Kier alpha value is -0.670. The molecule has 1 saturated carbocycles. The summed E-state index contributed by atoms with van der Waals surface area (Å²) in [4.78, 5) is 0. The Balaban J connectivity index is 1.58. The highest BCUT2D eigenvalue weighted by atomic mass is 32.2. The molecule has 2 nitrogen and oxygen atoms in total. The van der Waals surface area contributed by atoms with Gasteiger partial charge in [-0.05, 0) is 36.6 Å². The lowest BCUT2D eigenvalue weighted by atomic mass is 9.88. The van der Waals surface area contributed by atoms with Gasteiger partial charge in [-0.15, -0.1) is 0 Å². The average molecular weight is 290 g/mol. The van der Waals surface area contributed by atoms with E-state index in [9.17, 15) is 0 Å². The Morgan fingerprint density at radius 1 is 1.25 bits per heavy atom. The Bertz CT molecular complexity index is 452. The van der Waals surface area contributed by atoms with Crippen LogP contribution in [0.3, 0.4) is 0 Å². The van der Waals surface area contributed by atoms with Gasteiger partial charge < -0.3 is 10.6 Å². The number of thioether (sulfide) groups is 1. The van der Waals surface area contributed by atoms with Gasteiger partial charge in [0.25, 0.3) is 0 Å². The summed E-state index contributed by atoms with van der Waals surface area (Å²) >= 11 is 2.08. The molecule has 0 aromatic heterocycles. The quantitative estimate of drug-likeness (QED) is 0.862. The van der Waals surface area contributed by atoms with Crippen LogP contribution in [0.15, 0.2) is 18.2 Å². The number of anilines is 1. The van der Waals surface area contributed by atoms with Crippen LogP contribution in [-0.2, 0) is 13.0 Å². The Morgan fingerprint density at radius 3 is 2.90 bits per heavy atom. The maximum atomic E-state index is 3.73. The summed E-state index contributed by atoms with van der Waals surface area (Å²) < 4.78 is 0.490. The molecular weight excluding hydrogens is 264 g/mol. The fourth-order valence-corrected chi connectivity index (χ4v) is 4.58. The molecule has 110 valence electrons. The topological polar surface area (TPSA) is 24.1 Å². The van der Waals surface area contributed by atoms with E-state index in [2.05, 4.69) is 46.9 Å². The summed E-state index contributed by atoms with van der Waals surface area (Å²) in [5.74, 6) is 0.